The Morgan fingerprint density at radius 1 is 1.27 bits per heavy atom. The normalized spacial score (nSPS) is 12.3. The maximum atomic E-state index is 12.2. The summed E-state index contributed by atoms with van der Waals surface area (Å²) < 4.78 is 27.8. The molecule has 1 aromatic heterocycles. The number of amides is 1. The molecular formula is C17H17ClN2O5S. The molecule has 0 aliphatic heterocycles. The van der Waals surface area contributed by atoms with Crippen LogP contribution in [0.3, 0.4) is 0 Å². The largest absolute Gasteiger partial charge is 0.449 e. The number of nitrogens with one attached hydrogen (secondary N) is 1. The Hall–Kier alpha value is -2.45. The van der Waals surface area contributed by atoms with Gasteiger partial charge in [-0.1, -0.05) is 23.7 Å². The van der Waals surface area contributed by atoms with Gasteiger partial charge in [-0.15, -0.1) is 0 Å². The van der Waals surface area contributed by atoms with Gasteiger partial charge in [0.05, 0.1) is 16.3 Å². The number of hydrogen-bond donors (Lipinski definition) is 1. The average molecular weight is 397 g/mol. The summed E-state index contributed by atoms with van der Waals surface area (Å²) in [6, 6.07) is 9.14. The zero-order valence-corrected chi connectivity index (χ0v) is 15.7. The predicted molar refractivity (Wildman–Crippen MR) is 97.7 cm³/mol. The van der Waals surface area contributed by atoms with E-state index in [0.29, 0.717) is 10.6 Å². The first-order valence-corrected chi connectivity index (χ1v) is 9.98. The minimum absolute atomic E-state index is 0.162. The van der Waals surface area contributed by atoms with E-state index in [2.05, 4.69) is 10.3 Å². The van der Waals surface area contributed by atoms with Crippen LogP contribution < -0.4 is 5.32 Å². The SMILES string of the molecule is CC(OC(=O)c1cccc(CS(C)(=O)=O)c1)C(=O)Nc1ccc(Cl)cn1. The topological polar surface area (TPSA) is 102 Å². The molecule has 7 nitrogen and oxygen atoms in total. The second-order valence-corrected chi connectivity index (χ2v) is 8.25. The predicted octanol–water partition coefficient (Wildman–Crippen LogP) is 2.46. The molecule has 2 aromatic rings. The number of hydrogen-bond acceptors (Lipinski definition) is 6. The number of aromatic nitrogens is 1. The van der Waals surface area contributed by atoms with Crippen molar-refractivity contribution < 1.29 is 22.7 Å². The van der Waals surface area contributed by atoms with Crippen LogP contribution in [-0.4, -0.2) is 37.6 Å². The summed E-state index contributed by atoms with van der Waals surface area (Å²) in [6.45, 7) is 1.42. The van der Waals surface area contributed by atoms with Crippen LogP contribution in [0, 0.1) is 0 Å². The molecule has 1 N–H and O–H groups in total. The van der Waals surface area contributed by atoms with Crippen LogP contribution in [0.4, 0.5) is 5.82 Å². The van der Waals surface area contributed by atoms with Crippen LogP contribution >= 0.6 is 11.6 Å². The van der Waals surface area contributed by atoms with Crippen molar-refractivity contribution in [2.45, 2.75) is 18.8 Å². The molecule has 0 spiro atoms. The molecule has 0 radical (unpaired) electrons. The van der Waals surface area contributed by atoms with Gasteiger partial charge in [0.2, 0.25) is 0 Å². The summed E-state index contributed by atoms with van der Waals surface area (Å²) in [7, 11) is -3.23. The third kappa shape index (κ3) is 6.12. The molecule has 0 saturated heterocycles. The zero-order valence-electron chi connectivity index (χ0n) is 14.1. The van der Waals surface area contributed by atoms with Gasteiger partial charge >= 0.3 is 5.97 Å². The molecule has 9 heteroatoms. The Kier molecular flexibility index (Phi) is 6.33. The lowest BCUT2D eigenvalue weighted by molar-refractivity contribution is -0.123. The first kappa shape index (κ1) is 19.9. The lowest BCUT2D eigenvalue weighted by Crippen LogP contribution is -2.30. The monoisotopic (exact) mass is 396 g/mol. The first-order valence-electron chi connectivity index (χ1n) is 7.54. The molecule has 0 aliphatic carbocycles. The van der Waals surface area contributed by atoms with Crippen molar-refractivity contribution in [3.63, 3.8) is 0 Å². The van der Waals surface area contributed by atoms with E-state index in [9.17, 15) is 18.0 Å². The Morgan fingerprint density at radius 3 is 2.62 bits per heavy atom. The Morgan fingerprint density at radius 2 is 2.00 bits per heavy atom. The lowest BCUT2D eigenvalue weighted by Gasteiger charge is -2.13. The van der Waals surface area contributed by atoms with Crippen molar-refractivity contribution in [3.05, 3.63) is 58.7 Å². The molecule has 0 fully saturated rings. The highest BCUT2D eigenvalue weighted by Crippen LogP contribution is 2.13. The van der Waals surface area contributed by atoms with Gasteiger partial charge in [0.1, 0.15) is 5.82 Å². The van der Waals surface area contributed by atoms with Gasteiger partial charge in [-0.2, -0.15) is 0 Å². The molecule has 2 rings (SSSR count). The minimum atomic E-state index is -3.23. The van der Waals surface area contributed by atoms with Crippen LogP contribution in [0.5, 0.6) is 0 Å². The molecule has 0 saturated carbocycles. The van der Waals surface area contributed by atoms with Crippen molar-refractivity contribution >= 4 is 39.1 Å². The van der Waals surface area contributed by atoms with Crippen molar-refractivity contribution in [2.75, 3.05) is 11.6 Å². The van der Waals surface area contributed by atoms with Crippen LogP contribution in [0.15, 0.2) is 42.6 Å². The Labute approximate surface area is 156 Å². The molecule has 1 unspecified atom stereocenters. The van der Waals surface area contributed by atoms with E-state index >= 15 is 0 Å². The maximum Gasteiger partial charge on any atom is 0.338 e. The van der Waals surface area contributed by atoms with Gasteiger partial charge < -0.3 is 10.1 Å². The van der Waals surface area contributed by atoms with E-state index in [4.69, 9.17) is 16.3 Å². The number of pyridine rings is 1. The first-order chi connectivity index (χ1) is 12.1. The zero-order chi connectivity index (χ0) is 19.3. The highest BCUT2D eigenvalue weighted by Gasteiger charge is 2.20. The van der Waals surface area contributed by atoms with Crippen LogP contribution in [0.25, 0.3) is 0 Å². The number of ether oxygens (including phenoxy) is 1. The van der Waals surface area contributed by atoms with Crippen molar-refractivity contribution in [3.8, 4) is 0 Å². The Bertz CT molecular complexity index is 913. The number of carbonyl (C=O) groups is 2. The van der Waals surface area contributed by atoms with E-state index in [1.807, 2.05) is 0 Å². The molecule has 1 amide bonds. The van der Waals surface area contributed by atoms with Crippen molar-refractivity contribution in [1.29, 1.82) is 0 Å². The quantitative estimate of drug-likeness (QED) is 0.752. The minimum Gasteiger partial charge on any atom is -0.449 e. The second kappa shape index (κ2) is 8.29. The molecule has 1 heterocycles. The summed E-state index contributed by atoms with van der Waals surface area (Å²) in [5.41, 5.74) is 0.625. The van der Waals surface area contributed by atoms with Crippen molar-refractivity contribution in [1.82, 2.24) is 4.98 Å². The van der Waals surface area contributed by atoms with Crippen LogP contribution in [0.1, 0.15) is 22.8 Å². The summed E-state index contributed by atoms with van der Waals surface area (Å²) in [6.07, 6.45) is 1.41. The third-order valence-electron chi connectivity index (χ3n) is 3.22. The molecule has 1 aromatic carbocycles. The second-order valence-electron chi connectivity index (χ2n) is 5.67. The fourth-order valence-corrected chi connectivity index (χ4v) is 2.95. The smallest absolute Gasteiger partial charge is 0.338 e. The molecule has 26 heavy (non-hydrogen) atoms. The molecule has 1 atom stereocenters. The van der Waals surface area contributed by atoms with Gasteiger partial charge in [0.25, 0.3) is 5.91 Å². The van der Waals surface area contributed by atoms with Gasteiger partial charge in [-0.3, -0.25) is 4.79 Å². The van der Waals surface area contributed by atoms with Crippen molar-refractivity contribution in [2.24, 2.45) is 0 Å². The number of rotatable bonds is 6. The fourth-order valence-electron chi connectivity index (χ4n) is 2.05. The molecule has 0 bridgehead atoms. The number of halogens is 1. The summed E-state index contributed by atoms with van der Waals surface area (Å²) in [5, 5.41) is 2.93. The highest BCUT2D eigenvalue weighted by molar-refractivity contribution is 7.89. The van der Waals surface area contributed by atoms with Gasteiger partial charge in [0, 0.05) is 12.5 Å². The van der Waals surface area contributed by atoms with Gasteiger partial charge in [-0.25, -0.2) is 18.2 Å². The number of benzene rings is 1. The van der Waals surface area contributed by atoms with E-state index in [-0.39, 0.29) is 17.1 Å². The number of anilines is 1. The standard InChI is InChI=1S/C17H17ClN2O5S/c1-11(16(21)20-15-7-6-14(18)9-19-15)25-17(22)13-5-3-4-12(8-13)10-26(2,23)24/h3-9,11H,10H2,1-2H3,(H,19,20,21). The fraction of sp³-hybridized carbons (Fsp3) is 0.235. The molecule has 0 aliphatic rings. The van der Waals surface area contributed by atoms with E-state index < -0.39 is 27.8 Å². The van der Waals surface area contributed by atoms with Gasteiger partial charge in [0.15, 0.2) is 15.9 Å². The van der Waals surface area contributed by atoms with E-state index in [1.165, 1.54) is 31.3 Å². The van der Waals surface area contributed by atoms with Gasteiger partial charge in [-0.05, 0) is 36.8 Å². The summed E-state index contributed by atoms with van der Waals surface area (Å²) >= 11 is 5.72. The highest BCUT2D eigenvalue weighted by atomic mass is 35.5. The lowest BCUT2D eigenvalue weighted by atomic mass is 10.1. The molecular weight excluding hydrogens is 380 g/mol. The summed E-state index contributed by atoms with van der Waals surface area (Å²) in [5.74, 6) is -1.20. The number of esters is 1. The van der Waals surface area contributed by atoms with E-state index in [0.717, 1.165) is 6.26 Å². The third-order valence-corrected chi connectivity index (χ3v) is 4.30. The van der Waals surface area contributed by atoms with E-state index in [1.54, 1.807) is 18.2 Å². The molecule has 138 valence electrons. The number of nitrogens with zero attached hydrogens (tertiary/aromatic N) is 1. The summed E-state index contributed by atoms with van der Waals surface area (Å²) in [4.78, 5) is 28.2. The maximum absolute atomic E-state index is 12.2. The Balaban J connectivity index is 2.01. The average Bonchev–Trinajstić information content (AvgIpc) is 2.55. The van der Waals surface area contributed by atoms with Crippen LogP contribution in [0.2, 0.25) is 5.02 Å². The number of carbonyl (C=O) groups excluding carboxylic acids is 2. The van der Waals surface area contributed by atoms with Crippen LogP contribution in [-0.2, 0) is 25.1 Å². The number of sulfone groups is 1.